The fourth-order valence-electron chi connectivity index (χ4n) is 1.31. The van der Waals surface area contributed by atoms with Crippen molar-refractivity contribution in [2.45, 2.75) is 6.04 Å². The summed E-state index contributed by atoms with van der Waals surface area (Å²) in [4.78, 5) is 2.01. The molecule has 90 valence electrons. The molecule has 0 amide bonds. The minimum absolute atomic E-state index is 0.0401. The molecular weight excluding hydrogens is 247 g/mol. The molecule has 16 heavy (non-hydrogen) atoms. The Morgan fingerprint density at radius 1 is 1.38 bits per heavy atom. The molecule has 0 aromatic heterocycles. The molecule has 1 unspecified atom stereocenters. The minimum atomic E-state index is -0.0401. The molecule has 3 nitrogen and oxygen atoms in total. The van der Waals surface area contributed by atoms with E-state index >= 15 is 0 Å². The van der Waals surface area contributed by atoms with E-state index in [-0.39, 0.29) is 6.04 Å². The van der Waals surface area contributed by atoms with Crippen LogP contribution in [0.1, 0.15) is 0 Å². The van der Waals surface area contributed by atoms with Crippen LogP contribution < -0.4 is 10.5 Å². The highest BCUT2D eigenvalue weighted by molar-refractivity contribution is 6.35. The third kappa shape index (κ3) is 4.58. The van der Waals surface area contributed by atoms with Gasteiger partial charge in [-0.3, -0.25) is 0 Å². The predicted molar refractivity (Wildman–Crippen MR) is 68.5 cm³/mol. The molecule has 0 saturated carbocycles. The molecule has 0 radical (unpaired) electrons. The lowest BCUT2D eigenvalue weighted by Gasteiger charge is -2.17. The molecule has 0 bridgehead atoms. The molecule has 0 heterocycles. The molecular formula is C11H16Cl2N2O. The van der Waals surface area contributed by atoms with Gasteiger partial charge in [-0.25, -0.2) is 0 Å². The molecule has 0 aliphatic carbocycles. The van der Waals surface area contributed by atoms with Gasteiger partial charge in [0.05, 0.1) is 11.1 Å². The molecule has 2 N–H and O–H groups in total. The first-order valence-electron chi connectivity index (χ1n) is 4.97. The van der Waals surface area contributed by atoms with Crippen molar-refractivity contribution in [1.29, 1.82) is 0 Å². The minimum Gasteiger partial charge on any atom is -0.490 e. The van der Waals surface area contributed by atoms with Gasteiger partial charge >= 0.3 is 0 Å². The van der Waals surface area contributed by atoms with Crippen LogP contribution >= 0.6 is 23.2 Å². The molecule has 1 aromatic carbocycles. The predicted octanol–water partition coefficient (Wildman–Crippen LogP) is 2.26. The third-order valence-electron chi connectivity index (χ3n) is 1.95. The van der Waals surface area contributed by atoms with E-state index in [1.165, 1.54) is 0 Å². The zero-order valence-electron chi connectivity index (χ0n) is 9.41. The number of rotatable bonds is 5. The summed E-state index contributed by atoms with van der Waals surface area (Å²) in [5.41, 5.74) is 5.87. The lowest BCUT2D eigenvalue weighted by Crippen LogP contribution is -2.37. The molecule has 0 aliphatic heterocycles. The molecule has 1 atom stereocenters. The lowest BCUT2D eigenvalue weighted by atomic mass is 10.3. The van der Waals surface area contributed by atoms with E-state index in [1.807, 2.05) is 19.0 Å². The van der Waals surface area contributed by atoms with Crippen molar-refractivity contribution < 1.29 is 4.74 Å². The van der Waals surface area contributed by atoms with E-state index < -0.39 is 0 Å². The van der Waals surface area contributed by atoms with Crippen LogP contribution in [-0.4, -0.2) is 38.2 Å². The fourth-order valence-corrected chi connectivity index (χ4v) is 1.77. The average Bonchev–Trinajstić information content (AvgIpc) is 2.15. The van der Waals surface area contributed by atoms with Gasteiger partial charge < -0.3 is 15.4 Å². The second-order valence-electron chi connectivity index (χ2n) is 3.91. The Kier molecular flexibility index (Phi) is 5.35. The van der Waals surface area contributed by atoms with Gasteiger partial charge in [0.25, 0.3) is 0 Å². The van der Waals surface area contributed by atoms with Gasteiger partial charge in [0.1, 0.15) is 12.4 Å². The van der Waals surface area contributed by atoms with Crippen LogP contribution in [0.5, 0.6) is 5.75 Å². The Hall–Kier alpha value is -0.480. The van der Waals surface area contributed by atoms with Gasteiger partial charge in [0.2, 0.25) is 0 Å². The smallest absolute Gasteiger partial charge is 0.138 e. The third-order valence-corrected chi connectivity index (χ3v) is 2.48. The number of hydrogen-bond donors (Lipinski definition) is 1. The Bertz CT molecular complexity index is 345. The second kappa shape index (κ2) is 6.30. The van der Waals surface area contributed by atoms with Crippen molar-refractivity contribution in [2.24, 2.45) is 5.73 Å². The summed E-state index contributed by atoms with van der Waals surface area (Å²) in [5, 5.41) is 1.10. The topological polar surface area (TPSA) is 38.5 Å². The van der Waals surface area contributed by atoms with E-state index in [4.69, 9.17) is 33.7 Å². The molecule has 1 rings (SSSR count). The summed E-state index contributed by atoms with van der Waals surface area (Å²) in [7, 11) is 3.93. The molecule has 0 saturated heterocycles. The summed E-state index contributed by atoms with van der Waals surface area (Å²) in [6.07, 6.45) is 0. The largest absolute Gasteiger partial charge is 0.490 e. The number of nitrogens with two attached hydrogens (primary N) is 1. The summed E-state index contributed by atoms with van der Waals surface area (Å²) < 4.78 is 5.51. The van der Waals surface area contributed by atoms with Crippen molar-refractivity contribution >= 4 is 23.2 Å². The Balaban J connectivity index is 2.48. The van der Waals surface area contributed by atoms with E-state index in [1.54, 1.807) is 18.2 Å². The van der Waals surface area contributed by atoms with Gasteiger partial charge in [-0.15, -0.1) is 0 Å². The number of benzene rings is 1. The Morgan fingerprint density at radius 3 is 2.62 bits per heavy atom. The lowest BCUT2D eigenvalue weighted by molar-refractivity contribution is 0.254. The van der Waals surface area contributed by atoms with Crippen molar-refractivity contribution in [3.05, 3.63) is 28.2 Å². The van der Waals surface area contributed by atoms with E-state index in [2.05, 4.69) is 0 Å². The fraction of sp³-hybridized carbons (Fsp3) is 0.455. The first kappa shape index (κ1) is 13.6. The Morgan fingerprint density at radius 2 is 2.06 bits per heavy atom. The number of nitrogens with zero attached hydrogens (tertiary/aromatic N) is 1. The second-order valence-corrected chi connectivity index (χ2v) is 4.75. The highest BCUT2D eigenvalue weighted by Gasteiger charge is 2.07. The first-order valence-corrected chi connectivity index (χ1v) is 5.73. The zero-order chi connectivity index (χ0) is 12.1. The van der Waals surface area contributed by atoms with E-state index in [0.29, 0.717) is 22.4 Å². The van der Waals surface area contributed by atoms with Gasteiger partial charge in [0.15, 0.2) is 0 Å². The molecule has 1 aromatic rings. The molecule has 0 aliphatic rings. The molecule has 5 heteroatoms. The summed E-state index contributed by atoms with van der Waals surface area (Å²) >= 11 is 11.7. The van der Waals surface area contributed by atoms with Crippen LogP contribution in [-0.2, 0) is 0 Å². The number of halogens is 2. The van der Waals surface area contributed by atoms with Gasteiger partial charge in [0, 0.05) is 11.6 Å². The normalized spacial score (nSPS) is 12.9. The zero-order valence-corrected chi connectivity index (χ0v) is 10.9. The number of ether oxygens (including phenoxy) is 1. The quantitative estimate of drug-likeness (QED) is 0.885. The number of hydrogen-bond acceptors (Lipinski definition) is 3. The summed E-state index contributed by atoms with van der Waals surface area (Å²) in [5.74, 6) is 0.611. The summed E-state index contributed by atoms with van der Waals surface area (Å²) in [6.45, 7) is 1.20. The SMILES string of the molecule is CN(C)CC(N)COc1ccc(Cl)cc1Cl. The first-order chi connectivity index (χ1) is 7.49. The Labute approximate surface area is 106 Å². The highest BCUT2D eigenvalue weighted by Crippen LogP contribution is 2.27. The molecule has 0 spiro atoms. The van der Waals surface area contributed by atoms with Crippen LogP contribution in [0.15, 0.2) is 18.2 Å². The highest BCUT2D eigenvalue weighted by atomic mass is 35.5. The van der Waals surface area contributed by atoms with E-state index in [0.717, 1.165) is 6.54 Å². The van der Waals surface area contributed by atoms with Crippen molar-refractivity contribution in [1.82, 2.24) is 4.90 Å². The maximum Gasteiger partial charge on any atom is 0.138 e. The van der Waals surface area contributed by atoms with Crippen LogP contribution in [0.2, 0.25) is 10.0 Å². The van der Waals surface area contributed by atoms with Gasteiger partial charge in [-0.2, -0.15) is 0 Å². The van der Waals surface area contributed by atoms with Crippen LogP contribution in [0.25, 0.3) is 0 Å². The van der Waals surface area contributed by atoms with Gasteiger partial charge in [-0.1, -0.05) is 23.2 Å². The van der Waals surface area contributed by atoms with Gasteiger partial charge in [-0.05, 0) is 32.3 Å². The van der Waals surface area contributed by atoms with E-state index in [9.17, 15) is 0 Å². The summed E-state index contributed by atoms with van der Waals surface area (Å²) in [6, 6.07) is 5.09. The average molecular weight is 263 g/mol. The number of likely N-dealkylation sites (N-methyl/N-ethyl adjacent to an activating group) is 1. The molecule has 0 fully saturated rings. The van der Waals surface area contributed by atoms with Crippen molar-refractivity contribution in [2.75, 3.05) is 27.2 Å². The standard InChI is InChI=1S/C11H16Cl2N2O/c1-15(2)6-9(14)7-16-11-4-3-8(12)5-10(11)13/h3-5,9H,6-7,14H2,1-2H3. The monoisotopic (exact) mass is 262 g/mol. The maximum absolute atomic E-state index is 5.96. The van der Waals surface area contributed by atoms with Crippen LogP contribution in [0, 0.1) is 0 Å². The van der Waals surface area contributed by atoms with Crippen molar-refractivity contribution in [3.8, 4) is 5.75 Å². The van der Waals surface area contributed by atoms with Crippen LogP contribution in [0.3, 0.4) is 0 Å². The van der Waals surface area contributed by atoms with Crippen LogP contribution in [0.4, 0.5) is 0 Å². The maximum atomic E-state index is 5.96. The van der Waals surface area contributed by atoms with Crippen molar-refractivity contribution in [3.63, 3.8) is 0 Å².